The van der Waals surface area contributed by atoms with Gasteiger partial charge in [-0.1, -0.05) is 47.0 Å². The zero-order valence-electron chi connectivity index (χ0n) is 13.0. The van der Waals surface area contributed by atoms with Gasteiger partial charge in [0.15, 0.2) is 5.82 Å². The lowest BCUT2D eigenvalue weighted by molar-refractivity contribution is 0.559. The predicted molar refractivity (Wildman–Crippen MR) is 92.2 cm³/mol. The molecule has 0 saturated heterocycles. The lowest BCUT2D eigenvalue weighted by Crippen LogP contribution is -2.10. The van der Waals surface area contributed by atoms with Gasteiger partial charge < -0.3 is 4.57 Å². The van der Waals surface area contributed by atoms with E-state index in [2.05, 4.69) is 25.1 Å². The maximum absolute atomic E-state index is 6.26. The molecule has 1 aliphatic heterocycles. The van der Waals surface area contributed by atoms with Crippen LogP contribution in [-0.2, 0) is 19.5 Å². The maximum atomic E-state index is 6.26. The van der Waals surface area contributed by atoms with Crippen molar-refractivity contribution < 1.29 is 0 Å². The Morgan fingerprint density at radius 1 is 1.04 bits per heavy atom. The fraction of sp³-hybridized carbons (Fsp3) is 0.375. The van der Waals surface area contributed by atoms with Crippen LogP contribution in [0.4, 0.5) is 0 Å². The van der Waals surface area contributed by atoms with Crippen LogP contribution in [0.1, 0.15) is 30.9 Å². The van der Waals surface area contributed by atoms with E-state index >= 15 is 0 Å². The molecule has 2 aromatic heterocycles. The van der Waals surface area contributed by atoms with Gasteiger partial charge in [0.05, 0.1) is 16.2 Å². The van der Waals surface area contributed by atoms with E-state index in [-0.39, 0.29) is 0 Å². The maximum Gasteiger partial charge on any atom is 0.154 e. The van der Waals surface area contributed by atoms with Crippen LogP contribution in [0.3, 0.4) is 0 Å². The molecule has 3 aromatic rings. The Hall–Kier alpha value is -1.92. The second kappa shape index (κ2) is 6.53. The van der Waals surface area contributed by atoms with Crippen molar-refractivity contribution in [1.82, 2.24) is 29.8 Å². The average Bonchev–Trinajstić information content (AvgIpc) is 3.11. The van der Waals surface area contributed by atoms with Gasteiger partial charge in [-0.3, -0.25) is 0 Å². The van der Waals surface area contributed by atoms with Crippen molar-refractivity contribution in [2.45, 2.75) is 38.8 Å². The average molecular weight is 363 g/mol. The van der Waals surface area contributed by atoms with Crippen LogP contribution in [-0.4, -0.2) is 29.8 Å². The molecule has 0 radical (unpaired) electrons. The number of hydrogen-bond donors (Lipinski definition) is 0. The molecule has 0 N–H and O–H groups in total. The molecule has 1 aromatic carbocycles. The van der Waals surface area contributed by atoms with Gasteiger partial charge in [-0.2, -0.15) is 0 Å². The van der Waals surface area contributed by atoms with Gasteiger partial charge in [-0.25, -0.2) is 4.68 Å². The van der Waals surface area contributed by atoms with Gasteiger partial charge in [-0.15, -0.1) is 15.3 Å². The highest BCUT2D eigenvalue weighted by atomic mass is 35.5. The summed E-state index contributed by atoms with van der Waals surface area (Å²) in [6.07, 6.45) is 6.44. The molecule has 0 spiro atoms. The number of aryl methyl sites for hydroxylation is 1. The van der Waals surface area contributed by atoms with Crippen LogP contribution in [0.5, 0.6) is 0 Å². The van der Waals surface area contributed by atoms with Crippen molar-refractivity contribution in [3.63, 3.8) is 0 Å². The summed E-state index contributed by atoms with van der Waals surface area (Å²) in [5.41, 5.74) is 1.47. The van der Waals surface area contributed by atoms with Crippen molar-refractivity contribution in [3.05, 3.63) is 46.1 Å². The van der Waals surface area contributed by atoms with E-state index in [1.54, 1.807) is 10.7 Å². The summed E-state index contributed by atoms with van der Waals surface area (Å²) >= 11 is 12.3. The molecular formula is C16H16Cl2N6. The second-order valence-electron chi connectivity index (χ2n) is 5.90. The SMILES string of the molecule is Clc1cccc(-c2cn(Cc3nnc4n3CCCCC4)nn2)c1Cl. The molecular weight excluding hydrogens is 347 g/mol. The molecule has 0 atom stereocenters. The molecule has 0 aliphatic carbocycles. The summed E-state index contributed by atoms with van der Waals surface area (Å²) in [6.45, 7) is 1.51. The third kappa shape index (κ3) is 2.91. The lowest BCUT2D eigenvalue weighted by Gasteiger charge is -2.06. The number of hydrogen-bond acceptors (Lipinski definition) is 4. The van der Waals surface area contributed by atoms with Gasteiger partial charge in [0.25, 0.3) is 0 Å². The predicted octanol–water partition coefficient (Wildman–Crippen LogP) is 3.62. The van der Waals surface area contributed by atoms with Gasteiger partial charge in [-0.05, 0) is 18.9 Å². The Kier molecular flexibility index (Phi) is 4.24. The summed E-state index contributed by atoms with van der Waals surface area (Å²) in [5, 5.41) is 18.0. The van der Waals surface area contributed by atoms with Crippen LogP contribution in [0.15, 0.2) is 24.4 Å². The van der Waals surface area contributed by atoms with Crippen molar-refractivity contribution in [3.8, 4) is 11.3 Å². The fourth-order valence-corrected chi connectivity index (χ4v) is 3.41. The molecule has 0 bridgehead atoms. The molecule has 0 unspecified atom stereocenters. The normalized spacial score (nSPS) is 14.4. The summed E-state index contributed by atoms with van der Waals surface area (Å²) in [7, 11) is 0. The summed E-state index contributed by atoms with van der Waals surface area (Å²) in [6, 6.07) is 5.48. The van der Waals surface area contributed by atoms with Gasteiger partial charge >= 0.3 is 0 Å². The van der Waals surface area contributed by atoms with Crippen LogP contribution in [0, 0.1) is 0 Å². The van der Waals surface area contributed by atoms with E-state index in [0.717, 1.165) is 30.2 Å². The minimum absolute atomic E-state index is 0.488. The standard InChI is InChI=1S/C16H16Cl2N6/c17-12-6-4-5-11(16(12)18)13-9-23(22-19-13)10-15-21-20-14-7-2-1-3-8-24(14)15/h4-6,9H,1-3,7-8,10H2. The molecule has 3 heterocycles. The third-order valence-electron chi connectivity index (χ3n) is 4.26. The minimum atomic E-state index is 0.488. The monoisotopic (exact) mass is 362 g/mol. The van der Waals surface area contributed by atoms with Crippen LogP contribution >= 0.6 is 23.2 Å². The summed E-state index contributed by atoms with van der Waals surface area (Å²) in [5.74, 6) is 1.99. The number of aromatic nitrogens is 6. The first kappa shape index (κ1) is 15.6. The van der Waals surface area contributed by atoms with Gasteiger partial charge in [0.2, 0.25) is 0 Å². The highest BCUT2D eigenvalue weighted by Gasteiger charge is 2.16. The summed E-state index contributed by atoms with van der Waals surface area (Å²) < 4.78 is 3.97. The first-order valence-electron chi connectivity index (χ1n) is 7.98. The molecule has 6 nitrogen and oxygen atoms in total. The minimum Gasteiger partial charge on any atom is -0.313 e. The van der Waals surface area contributed by atoms with Crippen molar-refractivity contribution in [2.75, 3.05) is 0 Å². The highest BCUT2D eigenvalue weighted by Crippen LogP contribution is 2.32. The molecule has 0 amide bonds. The third-order valence-corrected chi connectivity index (χ3v) is 5.07. The van der Waals surface area contributed by atoms with Crippen LogP contribution < -0.4 is 0 Å². The van der Waals surface area contributed by atoms with Gasteiger partial charge in [0.1, 0.15) is 18.1 Å². The Labute approximate surface area is 149 Å². The Morgan fingerprint density at radius 3 is 2.88 bits per heavy atom. The largest absolute Gasteiger partial charge is 0.313 e. The Morgan fingerprint density at radius 2 is 1.96 bits per heavy atom. The van der Waals surface area contributed by atoms with Gasteiger partial charge in [0, 0.05) is 18.5 Å². The van der Waals surface area contributed by atoms with E-state index in [0.29, 0.717) is 22.3 Å². The number of rotatable bonds is 3. The highest BCUT2D eigenvalue weighted by molar-refractivity contribution is 6.43. The number of nitrogens with zero attached hydrogens (tertiary/aromatic N) is 6. The fourth-order valence-electron chi connectivity index (χ4n) is 3.01. The number of halogens is 2. The quantitative estimate of drug-likeness (QED) is 0.713. The first-order chi connectivity index (χ1) is 11.7. The molecule has 8 heteroatoms. The number of benzene rings is 1. The van der Waals surface area contributed by atoms with E-state index in [4.69, 9.17) is 23.2 Å². The summed E-state index contributed by atoms with van der Waals surface area (Å²) in [4.78, 5) is 0. The zero-order chi connectivity index (χ0) is 16.5. The smallest absolute Gasteiger partial charge is 0.154 e. The Balaban J connectivity index is 1.60. The second-order valence-corrected chi connectivity index (χ2v) is 6.68. The van der Waals surface area contributed by atoms with Crippen molar-refractivity contribution >= 4 is 23.2 Å². The zero-order valence-corrected chi connectivity index (χ0v) is 14.5. The molecule has 0 saturated carbocycles. The van der Waals surface area contributed by atoms with E-state index in [1.165, 1.54) is 19.3 Å². The first-order valence-corrected chi connectivity index (χ1v) is 8.73. The van der Waals surface area contributed by atoms with E-state index < -0.39 is 0 Å². The van der Waals surface area contributed by atoms with E-state index in [1.807, 2.05) is 18.3 Å². The van der Waals surface area contributed by atoms with Crippen molar-refractivity contribution in [1.29, 1.82) is 0 Å². The molecule has 4 rings (SSSR count). The number of fused-ring (bicyclic) bond motifs is 1. The molecule has 24 heavy (non-hydrogen) atoms. The lowest BCUT2D eigenvalue weighted by atomic mass is 10.2. The molecule has 124 valence electrons. The van der Waals surface area contributed by atoms with E-state index in [9.17, 15) is 0 Å². The van der Waals surface area contributed by atoms with Crippen molar-refractivity contribution in [2.24, 2.45) is 0 Å². The molecule has 1 aliphatic rings. The van der Waals surface area contributed by atoms with Crippen LogP contribution in [0.2, 0.25) is 10.0 Å². The molecule has 0 fully saturated rings. The topological polar surface area (TPSA) is 61.4 Å². The Bertz CT molecular complexity index is 869. The van der Waals surface area contributed by atoms with Crippen LogP contribution in [0.25, 0.3) is 11.3 Å².